The molecule has 0 radical (unpaired) electrons. The smallest absolute Gasteiger partial charge is 0.169 e. The van der Waals surface area contributed by atoms with E-state index in [2.05, 4.69) is 82.8 Å². The topological polar surface area (TPSA) is 73.7 Å². The van der Waals surface area contributed by atoms with Gasteiger partial charge in [-0.2, -0.15) is 0 Å². The maximum atomic E-state index is 5.49. The van der Waals surface area contributed by atoms with Crippen LogP contribution in [0.3, 0.4) is 0 Å². The second-order valence-electron chi connectivity index (χ2n) is 9.35. The standard InChI is InChI=1S/C28H40N6O2/c1-23-3-7-25(8-4-23)31-27(29-11-13-33-15-19-35-20-16-33)28(32-26-9-5-24(2)6-10-26)30-12-14-34-17-21-36-22-18-34/h3-10H,11-22H2,1-2H3,(H,29,31)(H,30,32). The van der Waals surface area contributed by atoms with Crippen LogP contribution in [-0.4, -0.2) is 100 Å². The van der Waals surface area contributed by atoms with Crippen LogP contribution in [0.25, 0.3) is 0 Å². The number of hydrogen-bond acceptors (Lipinski definition) is 6. The molecular weight excluding hydrogens is 452 g/mol. The normalized spacial score (nSPS) is 18.3. The Morgan fingerprint density at radius 2 is 1.00 bits per heavy atom. The van der Waals surface area contributed by atoms with Crippen molar-refractivity contribution in [3.05, 3.63) is 59.7 Å². The van der Waals surface area contributed by atoms with E-state index in [1.807, 2.05) is 0 Å². The van der Waals surface area contributed by atoms with Gasteiger partial charge in [-0.05, 0) is 38.1 Å². The fourth-order valence-electron chi connectivity index (χ4n) is 4.15. The highest BCUT2D eigenvalue weighted by molar-refractivity contribution is 6.48. The van der Waals surface area contributed by atoms with Gasteiger partial charge in [0.1, 0.15) is 0 Å². The van der Waals surface area contributed by atoms with Crippen LogP contribution >= 0.6 is 0 Å². The molecule has 2 N–H and O–H groups in total. The Bertz CT molecular complexity index is 897. The summed E-state index contributed by atoms with van der Waals surface area (Å²) in [6.45, 7) is 14.4. The van der Waals surface area contributed by atoms with Gasteiger partial charge in [-0.1, -0.05) is 35.4 Å². The van der Waals surface area contributed by atoms with Crippen molar-refractivity contribution in [3.8, 4) is 0 Å². The molecule has 0 aliphatic carbocycles. The van der Waals surface area contributed by atoms with Crippen LogP contribution in [0.5, 0.6) is 0 Å². The van der Waals surface area contributed by atoms with Crippen LogP contribution in [0, 0.1) is 13.8 Å². The lowest BCUT2D eigenvalue weighted by molar-refractivity contribution is 0.0394. The largest absolute Gasteiger partial charge is 0.379 e. The van der Waals surface area contributed by atoms with Crippen LogP contribution < -0.4 is 10.6 Å². The Kier molecular flexibility index (Phi) is 10.3. The second-order valence-corrected chi connectivity index (χ2v) is 9.35. The van der Waals surface area contributed by atoms with Gasteiger partial charge in [0.25, 0.3) is 0 Å². The van der Waals surface area contributed by atoms with Gasteiger partial charge >= 0.3 is 0 Å². The Labute approximate surface area is 215 Å². The van der Waals surface area contributed by atoms with E-state index in [-0.39, 0.29) is 0 Å². The summed E-state index contributed by atoms with van der Waals surface area (Å²) in [6.07, 6.45) is 0. The van der Waals surface area contributed by atoms with E-state index in [1.165, 1.54) is 11.1 Å². The zero-order valence-corrected chi connectivity index (χ0v) is 21.7. The number of benzene rings is 2. The first kappa shape index (κ1) is 26.3. The molecule has 194 valence electrons. The summed E-state index contributed by atoms with van der Waals surface area (Å²) in [5.74, 6) is 1.52. The summed E-state index contributed by atoms with van der Waals surface area (Å²) in [5, 5.41) is 7.09. The molecule has 0 unspecified atom stereocenters. The van der Waals surface area contributed by atoms with Gasteiger partial charge in [-0.15, -0.1) is 0 Å². The molecule has 2 aromatic carbocycles. The molecule has 0 atom stereocenters. The van der Waals surface area contributed by atoms with Crippen molar-refractivity contribution in [2.24, 2.45) is 9.98 Å². The first-order chi connectivity index (χ1) is 17.7. The number of aliphatic imine (C=N–C) groups is 2. The molecule has 4 rings (SSSR count). The van der Waals surface area contributed by atoms with Crippen molar-refractivity contribution in [3.63, 3.8) is 0 Å². The summed E-state index contributed by atoms with van der Waals surface area (Å²) in [4.78, 5) is 14.8. The minimum Gasteiger partial charge on any atom is -0.379 e. The van der Waals surface area contributed by atoms with Crippen LogP contribution in [-0.2, 0) is 9.47 Å². The van der Waals surface area contributed by atoms with Crippen molar-refractivity contribution in [1.82, 2.24) is 9.80 Å². The summed E-state index contributed by atoms with van der Waals surface area (Å²) in [6, 6.07) is 16.8. The number of nitrogens with one attached hydrogen (secondary N) is 2. The fourth-order valence-corrected chi connectivity index (χ4v) is 4.15. The van der Waals surface area contributed by atoms with E-state index in [1.54, 1.807) is 0 Å². The lowest BCUT2D eigenvalue weighted by Gasteiger charge is -2.26. The highest BCUT2D eigenvalue weighted by Gasteiger charge is 2.14. The number of ether oxygens (including phenoxy) is 2. The van der Waals surface area contributed by atoms with Crippen molar-refractivity contribution in [2.75, 3.05) is 89.4 Å². The van der Waals surface area contributed by atoms with Crippen molar-refractivity contribution < 1.29 is 9.47 Å². The van der Waals surface area contributed by atoms with Crippen molar-refractivity contribution in [1.29, 1.82) is 0 Å². The second kappa shape index (κ2) is 14.1. The molecule has 2 saturated heterocycles. The molecule has 2 aromatic rings. The molecule has 2 aliphatic rings. The summed E-state index contributed by atoms with van der Waals surface area (Å²) >= 11 is 0. The van der Waals surface area contributed by atoms with Gasteiger partial charge < -0.3 is 20.1 Å². The zero-order valence-electron chi connectivity index (χ0n) is 21.7. The molecule has 0 saturated carbocycles. The van der Waals surface area contributed by atoms with Crippen molar-refractivity contribution in [2.45, 2.75) is 13.8 Å². The van der Waals surface area contributed by atoms with Gasteiger partial charge in [0.15, 0.2) is 11.7 Å². The highest BCUT2D eigenvalue weighted by Crippen LogP contribution is 2.12. The average molecular weight is 493 g/mol. The lowest BCUT2D eigenvalue weighted by atomic mass is 10.2. The number of rotatable bonds is 8. The molecular formula is C28H40N6O2. The van der Waals surface area contributed by atoms with E-state index in [0.717, 1.165) is 88.7 Å². The number of anilines is 2. The molecule has 2 heterocycles. The van der Waals surface area contributed by atoms with Crippen LogP contribution in [0.1, 0.15) is 11.1 Å². The number of aryl methyl sites for hydroxylation is 2. The highest BCUT2D eigenvalue weighted by atomic mass is 16.5. The predicted octanol–water partition coefficient (Wildman–Crippen LogP) is 3.29. The molecule has 2 fully saturated rings. The van der Waals surface area contributed by atoms with E-state index >= 15 is 0 Å². The maximum Gasteiger partial charge on any atom is 0.169 e. The van der Waals surface area contributed by atoms with Gasteiger partial charge in [0, 0.05) is 50.6 Å². The molecule has 8 heteroatoms. The fraction of sp³-hybridized carbons (Fsp3) is 0.500. The zero-order chi connectivity index (χ0) is 25.0. The quantitative estimate of drug-likeness (QED) is 0.435. The van der Waals surface area contributed by atoms with E-state index in [0.29, 0.717) is 13.1 Å². The third-order valence-corrected chi connectivity index (χ3v) is 6.43. The minimum absolute atomic E-state index is 0.687. The van der Waals surface area contributed by atoms with Crippen molar-refractivity contribution >= 4 is 23.0 Å². The Morgan fingerprint density at radius 1 is 0.639 bits per heavy atom. The minimum atomic E-state index is 0.687. The maximum absolute atomic E-state index is 5.49. The molecule has 0 bridgehead atoms. The number of morpholine rings is 2. The SMILES string of the molecule is Cc1ccc(NC(=NCCN2CCOCC2)C(=NCCN2CCOCC2)Nc2ccc(C)cc2)cc1. The predicted molar refractivity (Wildman–Crippen MR) is 149 cm³/mol. The Morgan fingerprint density at radius 3 is 1.36 bits per heavy atom. The third kappa shape index (κ3) is 8.71. The van der Waals surface area contributed by atoms with Crippen LogP contribution in [0.4, 0.5) is 11.4 Å². The molecule has 36 heavy (non-hydrogen) atoms. The van der Waals surface area contributed by atoms with E-state index in [9.17, 15) is 0 Å². The number of nitrogens with zero attached hydrogens (tertiary/aromatic N) is 4. The van der Waals surface area contributed by atoms with Gasteiger partial charge in [-0.25, -0.2) is 0 Å². The molecule has 2 aliphatic heterocycles. The molecule has 0 amide bonds. The first-order valence-electron chi connectivity index (χ1n) is 13.0. The molecule has 0 spiro atoms. The molecule has 8 nitrogen and oxygen atoms in total. The average Bonchev–Trinajstić information content (AvgIpc) is 2.91. The molecule has 0 aromatic heterocycles. The summed E-state index contributed by atoms with van der Waals surface area (Å²) in [5.41, 5.74) is 4.45. The van der Waals surface area contributed by atoms with E-state index < -0.39 is 0 Å². The summed E-state index contributed by atoms with van der Waals surface area (Å²) in [7, 11) is 0. The van der Waals surface area contributed by atoms with Gasteiger partial charge in [0.05, 0.1) is 39.5 Å². The summed E-state index contributed by atoms with van der Waals surface area (Å²) < 4.78 is 11.0. The monoisotopic (exact) mass is 492 g/mol. The first-order valence-corrected chi connectivity index (χ1v) is 13.0. The van der Waals surface area contributed by atoms with Crippen LogP contribution in [0.15, 0.2) is 58.5 Å². The third-order valence-electron chi connectivity index (χ3n) is 6.43. The van der Waals surface area contributed by atoms with E-state index in [4.69, 9.17) is 19.5 Å². The Balaban J connectivity index is 1.53. The Hall–Kier alpha value is -2.78. The lowest BCUT2D eigenvalue weighted by Crippen LogP contribution is -2.39. The van der Waals surface area contributed by atoms with Crippen LogP contribution in [0.2, 0.25) is 0 Å². The number of amidine groups is 2. The van der Waals surface area contributed by atoms with Gasteiger partial charge in [-0.3, -0.25) is 19.8 Å². The number of hydrogen-bond donors (Lipinski definition) is 2. The van der Waals surface area contributed by atoms with Gasteiger partial charge in [0.2, 0.25) is 0 Å².